The van der Waals surface area contributed by atoms with E-state index in [1.807, 2.05) is 31.2 Å². The average molecular weight is 357 g/mol. The number of hydrogen-bond acceptors (Lipinski definition) is 5. The Morgan fingerprint density at radius 2 is 2.16 bits per heavy atom. The van der Waals surface area contributed by atoms with Gasteiger partial charge in [0.1, 0.15) is 5.75 Å². The highest BCUT2D eigenvalue weighted by Crippen LogP contribution is 2.28. The van der Waals surface area contributed by atoms with Crippen molar-refractivity contribution in [1.29, 1.82) is 0 Å². The number of ether oxygens (including phenoxy) is 1. The predicted molar refractivity (Wildman–Crippen MR) is 102 cm³/mol. The first kappa shape index (κ1) is 17.6. The Hall–Kier alpha value is -2.18. The van der Waals surface area contributed by atoms with Crippen LogP contribution in [-0.2, 0) is 17.8 Å². The van der Waals surface area contributed by atoms with E-state index < -0.39 is 0 Å². The third kappa shape index (κ3) is 4.67. The maximum absolute atomic E-state index is 12.1. The van der Waals surface area contributed by atoms with Crippen LogP contribution in [0, 0.1) is 0 Å². The van der Waals surface area contributed by atoms with E-state index in [1.54, 1.807) is 17.4 Å². The normalized spacial score (nSPS) is 14.5. The van der Waals surface area contributed by atoms with Gasteiger partial charge in [0.15, 0.2) is 5.13 Å². The van der Waals surface area contributed by atoms with Crippen molar-refractivity contribution in [3.8, 4) is 5.75 Å². The number of benzene rings is 1. The highest BCUT2D eigenvalue weighted by atomic mass is 32.1. The average Bonchev–Trinajstić information content (AvgIpc) is 3.02. The maximum Gasteiger partial charge on any atom is 0.250 e. The maximum atomic E-state index is 12.1. The number of anilines is 1. The van der Waals surface area contributed by atoms with Crippen LogP contribution >= 0.6 is 11.3 Å². The van der Waals surface area contributed by atoms with Gasteiger partial charge in [-0.3, -0.25) is 15.0 Å². The molecule has 1 aliphatic rings. The molecule has 1 amide bonds. The summed E-state index contributed by atoms with van der Waals surface area (Å²) < 4.78 is 5.41. The summed E-state index contributed by atoms with van der Waals surface area (Å²) in [4.78, 5) is 20.3. The van der Waals surface area contributed by atoms with E-state index in [9.17, 15) is 4.79 Å². The number of amides is 1. The fourth-order valence-corrected chi connectivity index (χ4v) is 3.79. The number of nitrogens with zero attached hydrogens (tertiary/aromatic N) is 2. The van der Waals surface area contributed by atoms with E-state index in [1.165, 1.54) is 11.0 Å². The first-order valence-electron chi connectivity index (χ1n) is 8.60. The minimum Gasteiger partial charge on any atom is -0.494 e. The Morgan fingerprint density at radius 3 is 2.88 bits per heavy atom. The van der Waals surface area contributed by atoms with Gasteiger partial charge < -0.3 is 4.74 Å². The third-order valence-electron chi connectivity index (χ3n) is 4.11. The smallest absolute Gasteiger partial charge is 0.250 e. The molecule has 0 atom stereocenters. The second-order valence-corrected chi connectivity index (χ2v) is 6.92. The van der Waals surface area contributed by atoms with Crippen LogP contribution in [0.5, 0.6) is 5.75 Å². The number of nitrogens with one attached hydrogen (secondary N) is 1. The molecule has 3 rings (SSSR count). The van der Waals surface area contributed by atoms with Gasteiger partial charge in [-0.1, -0.05) is 19.1 Å². The molecule has 1 N–H and O–H groups in total. The van der Waals surface area contributed by atoms with E-state index >= 15 is 0 Å². The summed E-state index contributed by atoms with van der Waals surface area (Å²) in [5, 5.41) is 3.56. The number of likely N-dealkylation sites (N-methyl/N-ethyl adjacent to an activating group) is 1. The number of rotatable bonds is 6. The van der Waals surface area contributed by atoms with Crippen molar-refractivity contribution in [1.82, 2.24) is 9.88 Å². The van der Waals surface area contributed by atoms with Gasteiger partial charge in [0, 0.05) is 30.5 Å². The Balaban J connectivity index is 1.58. The van der Waals surface area contributed by atoms with Crippen molar-refractivity contribution in [3.05, 3.63) is 46.5 Å². The summed E-state index contributed by atoms with van der Waals surface area (Å²) in [5.74, 6) is 0.672. The second kappa shape index (κ2) is 8.27. The fraction of sp³-hybridized carbons (Fsp3) is 0.368. The van der Waals surface area contributed by atoms with Crippen molar-refractivity contribution < 1.29 is 9.53 Å². The van der Waals surface area contributed by atoms with Gasteiger partial charge in [-0.15, -0.1) is 11.3 Å². The number of thiazole rings is 1. The second-order valence-electron chi connectivity index (χ2n) is 5.83. The summed E-state index contributed by atoms with van der Waals surface area (Å²) in [6.07, 6.45) is 4.28. The molecule has 25 heavy (non-hydrogen) atoms. The Labute approximate surface area is 152 Å². The molecule has 2 aromatic rings. The van der Waals surface area contributed by atoms with E-state index in [-0.39, 0.29) is 5.91 Å². The minimum atomic E-state index is -0.160. The van der Waals surface area contributed by atoms with Crippen LogP contribution in [0.15, 0.2) is 30.3 Å². The Kier molecular flexibility index (Phi) is 5.83. The van der Waals surface area contributed by atoms with Crippen LogP contribution in [0.1, 0.15) is 30.0 Å². The van der Waals surface area contributed by atoms with Crippen LogP contribution < -0.4 is 10.1 Å². The van der Waals surface area contributed by atoms with E-state index in [4.69, 9.17) is 4.74 Å². The zero-order chi connectivity index (χ0) is 17.6. The fourth-order valence-electron chi connectivity index (χ4n) is 2.73. The zero-order valence-corrected chi connectivity index (χ0v) is 15.4. The number of carbonyl (C=O) groups excluding carboxylic acids is 1. The van der Waals surface area contributed by atoms with E-state index in [0.717, 1.165) is 43.1 Å². The van der Waals surface area contributed by atoms with Gasteiger partial charge in [0.2, 0.25) is 5.91 Å². The molecule has 0 fully saturated rings. The summed E-state index contributed by atoms with van der Waals surface area (Å²) in [6.45, 7) is 7.78. The molecule has 0 bridgehead atoms. The molecule has 0 spiro atoms. The standard InChI is InChI=1S/C19H23N3O2S/c1-3-22-12-11-16-17(13-22)25-19(20-16)21-18(23)10-7-14-5-8-15(9-6-14)24-4-2/h5-10H,3-4,11-13H2,1-2H3,(H,20,21,23)/b10-7+. The summed E-state index contributed by atoms with van der Waals surface area (Å²) in [7, 11) is 0. The van der Waals surface area contributed by atoms with E-state index in [2.05, 4.69) is 22.1 Å². The number of hydrogen-bond donors (Lipinski definition) is 1. The van der Waals surface area contributed by atoms with Crippen LogP contribution in [-0.4, -0.2) is 35.5 Å². The highest BCUT2D eigenvalue weighted by Gasteiger charge is 2.19. The van der Waals surface area contributed by atoms with Crippen molar-refractivity contribution >= 4 is 28.5 Å². The van der Waals surface area contributed by atoms with Crippen LogP contribution in [0.25, 0.3) is 6.08 Å². The molecule has 0 saturated carbocycles. The van der Waals surface area contributed by atoms with Gasteiger partial charge in [-0.2, -0.15) is 0 Å². The molecule has 0 saturated heterocycles. The highest BCUT2D eigenvalue weighted by molar-refractivity contribution is 7.15. The lowest BCUT2D eigenvalue weighted by Crippen LogP contribution is -2.29. The zero-order valence-electron chi connectivity index (χ0n) is 14.6. The van der Waals surface area contributed by atoms with E-state index in [0.29, 0.717) is 11.7 Å². The molecule has 6 heteroatoms. The van der Waals surface area contributed by atoms with Crippen molar-refractivity contribution in [2.24, 2.45) is 0 Å². The van der Waals surface area contributed by atoms with Crippen molar-refractivity contribution in [2.75, 3.05) is 25.0 Å². The monoisotopic (exact) mass is 357 g/mol. The van der Waals surface area contributed by atoms with Gasteiger partial charge in [0.05, 0.1) is 12.3 Å². The van der Waals surface area contributed by atoms with Crippen LogP contribution in [0.4, 0.5) is 5.13 Å². The molecule has 2 heterocycles. The summed E-state index contributed by atoms with van der Waals surface area (Å²) in [5.41, 5.74) is 2.08. The topological polar surface area (TPSA) is 54.5 Å². The molecular formula is C19H23N3O2S. The molecule has 132 valence electrons. The third-order valence-corrected chi connectivity index (χ3v) is 5.10. The molecule has 0 radical (unpaired) electrons. The first-order valence-corrected chi connectivity index (χ1v) is 9.42. The molecule has 1 aromatic carbocycles. The molecule has 1 aliphatic heterocycles. The van der Waals surface area contributed by atoms with Crippen molar-refractivity contribution in [3.63, 3.8) is 0 Å². The summed E-state index contributed by atoms with van der Waals surface area (Å²) >= 11 is 1.58. The quantitative estimate of drug-likeness (QED) is 0.803. The lowest BCUT2D eigenvalue weighted by atomic mass is 10.2. The molecule has 1 aromatic heterocycles. The molecular weight excluding hydrogens is 334 g/mol. The Bertz CT molecular complexity index is 753. The lowest BCUT2D eigenvalue weighted by molar-refractivity contribution is -0.111. The van der Waals surface area contributed by atoms with Gasteiger partial charge in [-0.25, -0.2) is 4.98 Å². The minimum absolute atomic E-state index is 0.160. The largest absolute Gasteiger partial charge is 0.494 e. The van der Waals surface area contributed by atoms with Crippen LogP contribution in [0.3, 0.4) is 0 Å². The van der Waals surface area contributed by atoms with Crippen molar-refractivity contribution in [2.45, 2.75) is 26.8 Å². The van der Waals surface area contributed by atoms with Gasteiger partial charge >= 0.3 is 0 Å². The first-order chi connectivity index (χ1) is 12.2. The van der Waals surface area contributed by atoms with Gasteiger partial charge in [0.25, 0.3) is 0 Å². The van der Waals surface area contributed by atoms with Gasteiger partial charge in [-0.05, 0) is 37.2 Å². The lowest BCUT2D eigenvalue weighted by Gasteiger charge is -2.23. The summed E-state index contributed by atoms with van der Waals surface area (Å²) in [6, 6.07) is 7.65. The molecule has 0 aliphatic carbocycles. The number of aromatic nitrogens is 1. The Morgan fingerprint density at radius 1 is 1.36 bits per heavy atom. The predicted octanol–water partition coefficient (Wildman–Crippen LogP) is 3.57. The van der Waals surface area contributed by atoms with Crippen LogP contribution in [0.2, 0.25) is 0 Å². The number of carbonyl (C=O) groups is 1. The number of fused-ring (bicyclic) bond motifs is 1. The molecule has 5 nitrogen and oxygen atoms in total. The molecule has 0 unspecified atom stereocenters. The SMILES string of the molecule is CCOc1ccc(/C=C/C(=O)Nc2nc3c(s2)CN(CC)CC3)cc1.